The molecule has 3 heterocycles. The van der Waals surface area contributed by atoms with Crippen LogP contribution in [0.3, 0.4) is 0 Å². The zero-order valence-electron chi connectivity index (χ0n) is 14.5. The highest BCUT2D eigenvalue weighted by Crippen LogP contribution is 2.14. The van der Waals surface area contributed by atoms with E-state index in [4.69, 9.17) is 10.3 Å². The summed E-state index contributed by atoms with van der Waals surface area (Å²) >= 11 is 0. The number of carbonyl (C=O) groups excluding carboxylic acids is 1. The number of aromatic nitrogens is 5. The standard InChI is InChI=1S/C17H19N7O3/c18-12-9-15(26)22-13(21-12)6-8-20-14(25)4-1-5-16-23-17(24-27-16)11-3-2-7-19-10-11/h2-3,7,9-10H,1,4-6,8H2,(H,20,25)(H3,18,21,22,26). The lowest BCUT2D eigenvalue weighted by molar-refractivity contribution is -0.121. The third-order valence-electron chi connectivity index (χ3n) is 3.68. The molecule has 0 aromatic carbocycles. The van der Waals surface area contributed by atoms with Gasteiger partial charge in [0, 0.05) is 49.8 Å². The maximum atomic E-state index is 11.9. The summed E-state index contributed by atoms with van der Waals surface area (Å²) in [5.74, 6) is 1.45. The van der Waals surface area contributed by atoms with Crippen molar-refractivity contribution in [2.24, 2.45) is 0 Å². The van der Waals surface area contributed by atoms with Gasteiger partial charge in [0.2, 0.25) is 17.6 Å². The predicted molar refractivity (Wildman–Crippen MR) is 96.5 cm³/mol. The van der Waals surface area contributed by atoms with E-state index < -0.39 is 0 Å². The first kappa shape index (κ1) is 18.2. The number of nitrogens with zero attached hydrogens (tertiary/aromatic N) is 4. The monoisotopic (exact) mass is 369 g/mol. The van der Waals surface area contributed by atoms with Crippen molar-refractivity contribution in [3.05, 3.63) is 52.7 Å². The quantitative estimate of drug-likeness (QED) is 0.518. The Labute approximate surface area is 154 Å². The molecular formula is C17H19N7O3. The summed E-state index contributed by atoms with van der Waals surface area (Å²) in [6.07, 6.45) is 5.13. The smallest absolute Gasteiger partial charge is 0.252 e. The van der Waals surface area contributed by atoms with Crippen LogP contribution in [0.5, 0.6) is 0 Å². The van der Waals surface area contributed by atoms with Crippen molar-refractivity contribution < 1.29 is 9.32 Å². The van der Waals surface area contributed by atoms with Crippen molar-refractivity contribution in [2.75, 3.05) is 12.3 Å². The molecule has 3 aromatic heterocycles. The Balaban J connectivity index is 1.38. The van der Waals surface area contributed by atoms with Crippen LogP contribution in [0.2, 0.25) is 0 Å². The van der Waals surface area contributed by atoms with Crippen molar-refractivity contribution in [2.45, 2.75) is 25.7 Å². The lowest BCUT2D eigenvalue weighted by atomic mass is 10.2. The summed E-state index contributed by atoms with van der Waals surface area (Å²) < 4.78 is 5.19. The zero-order chi connectivity index (χ0) is 19.1. The second-order valence-corrected chi connectivity index (χ2v) is 5.82. The maximum absolute atomic E-state index is 11.9. The Morgan fingerprint density at radius 3 is 2.96 bits per heavy atom. The molecule has 140 valence electrons. The van der Waals surface area contributed by atoms with Crippen molar-refractivity contribution in [1.29, 1.82) is 0 Å². The molecule has 27 heavy (non-hydrogen) atoms. The van der Waals surface area contributed by atoms with E-state index in [1.54, 1.807) is 18.5 Å². The van der Waals surface area contributed by atoms with Gasteiger partial charge in [-0.1, -0.05) is 5.16 Å². The van der Waals surface area contributed by atoms with Gasteiger partial charge in [-0.05, 0) is 18.6 Å². The predicted octanol–water partition coefficient (Wildman–Crippen LogP) is 0.479. The molecule has 0 spiro atoms. The third-order valence-corrected chi connectivity index (χ3v) is 3.68. The normalized spacial score (nSPS) is 10.7. The van der Waals surface area contributed by atoms with E-state index in [2.05, 4.69) is 30.4 Å². The van der Waals surface area contributed by atoms with Crippen molar-refractivity contribution in [1.82, 2.24) is 30.4 Å². The SMILES string of the molecule is Nc1cc(=O)[nH]c(CCNC(=O)CCCc2nc(-c3cccnc3)no2)n1. The minimum absolute atomic E-state index is 0.103. The summed E-state index contributed by atoms with van der Waals surface area (Å²) in [5.41, 5.74) is 5.97. The average molecular weight is 369 g/mol. The van der Waals surface area contributed by atoms with Crippen LogP contribution >= 0.6 is 0 Å². The van der Waals surface area contributed by atoms with Gasteiger partial charge in [0.05, 0.1) is 0 Å². The molecule has 0 unspecified atom stereocenters. The molecule has 0 atom stereocenters. The van der Waals surface area contributed by atoms with Gasteiger partial charge in [-0.2, -0.15) is 4.98 Å². The highest BCUT2D eigenvalue weighted by atomic mass is 16.5. The Bertz CT molecular complexity index is 952. The molecule has 0 aliphatic carbocycles. The van der Waals surface area contributed by atoms with E-state index in [0.29, 0.717) is 49.8 Å². The van der Waals surface area contributed by atoms with Crippen LogP contribution in [0, 0.1) is 0 Å². The van der Waals surface area contributed by atoms with Crippen LogP contribution in [-0.4, -0.2) is 37.5 Å². The van der Waals surface area contributed by atoms with Gasteiger partial charge in [-0.15, -0.1) is 0 Å². The number of nitrogens with one attached hydrogen (secondary N) is 2. The van der Waals surface area contributed by atoms with Crippen LogP contribution in [0.25, 0.3) is 11.4 Å². The minimum Gasteiger partial charge on any atom is -0.383 e. The summed E-state index contributed by atoms with van der Waals surface area (Å²) in [5, 5.41) is 6.68. The number of hydrogen-bond donors (Lipinski definition) is 3. The first-order valence-corrected chi connectivity index (χ1v) is 8.45. The van der Waals surface area contributed by atoms with Gasteiger partial charge >= 0.3 is 0 Å². The zero-order valence-corrected chi connectivity index (χ0v) is 14.5. The Morgan fingerprint density at radius 1 is 1.30 bits per heavy atom. The molecule has 0 bridgehead atoms. The molecule has 4 N–H and O–H groups in total. The summed E-state index contributed by atoms with van der Waals surface area (Å²) in [6.45, 7) is 0.358. The molecule has 10 nitrogen and oxygen atoms in total. The second kappa shape index (κ2) is 8.70. The number of aromatic amines is 1. The number of nitrogen functional groups attached to an aromatic ring is 1. The molecule has 0 radical (unpaired) electrons. The minimum atomic E-state index is -0.311. The molecule has 0 aliphatic rings. The largest absolute Gasteiger partial charge is 0.383 e. The average Bonchev–Trinajstić information content (AvgIpc) is 3.11. The fraction of sp³-hybridized carbons (Fsp3) is 0.294. The number of nitrogens with two attached hydrogens (primary N) is 1. The Morgan fingerprint density at radius 2 is 2.19 bits per heavy atom. The fourth-order valence-corrected chi connectivity index (χ4v) is 2.42. The van der Waals surface area contributed by atoms with E-state index in [-0.39, 0.29) is 17.3 Å². The van der Waals surface area contributed by atoms with E-state index in [0.717, 1.165) is 5.56 Å². The molecule has 0 saturated carbocycles. The molecule has 1 amide bonds. The summed E-state index contributed by atoms with van der Waals surface area (Å²) in [7, 11) is 0. The van der Waals surface area contributed by atoms with Crippen molar-refractivity contribution in [3.63, 3.8) is 0 Å². The van der Waals surface area contributed by atoms with Gasteiger partial charge in [0.25, 0.3) is 5.56 Å². The number of amides is 1. The van der Waals surface area contributed by atoms with E-state index in [1.165, 1.54) is 6.07 Å². The van der Waals surface area contributed by atoms with E-state index >= 15 is 0 Å². The topological polar surface area (TPSA) is 153 Å². The molecule has 10 heteroatoms. The Kier molecular flexibility index (Phi) is 5.87. The molecule has 0 saturated heterocycles. The van der Waals surface area contributed by atoms with Crippen LogP contribution < -0.4 is 16.6 Å². The highest BCUT2D eigenvalue weighted by Gasteiger charge is 2.09. The molecule has 3 aromatic rings. The third kappa shape index (κ3) is 5.46. The first-order valence-electron chi connectivity index (χ1n) is 8.45. The van der Waals surface area contributed by atoms with E-state index in [1.807, 2.05) is 6.07 Å². The Hall–Kier alpha value is -3.56. The lowest BCUT2D eigenvalue weighted by Crippen LogP contribution is -2.26. The molecule has 3 rings (SSSR count). The van der Waals surface area contributed by atoms with Gasteiger partial charge in [0.1, 0.15) is 11.6 Å². The van der Waals surface area contributed by atoms with Crippen LogP contribution in [0.4, 0.5) is 5.82 Å². The summed E-state index contributed by atoms with van der Waals surface area (Å²) in [6, 6.07) is 4.85. The number of carbonyl (C=O) groups is 1. The molecule has 0 fully saturated rings. The van der Waals surface area contributed by atoms with Crippen LogP contribution in [0.15, 0.2) is 39.9 Å². The maximum Gasteiger partial charge on any atom is 0.252 e. The summed E-state index contributed by atoms with van der Waals surface area (Å²) in [4.78, 5) is 38.0. The second-order valence-electron chi connectivity index (χ2n) is 5.82. The van der Waals surface area contributed by atoms with Gasteiger partial charge in [-0.25, -0.2) is 4.98 Å². The molecular weight excluding hydrogens is 350 g/mol. The van der Waals surface area contributed by atoms with Gasteiger partial charge in [0.15, 0.2) is 0 Å². The number of hydrogen-bond acceptors (Lipinski definition) is 8. The number of aryl methyl sites for hydroxylation is 1. The van der Waals surface area contributed by atoms with Crippen molar-refractivity contribution >= 4 is 11.7 Å². The van der Waals surface area contributed by atoms with Crippen LogP contribution in [-0.2, 0) is 17.6 Å². The van der Waals surface area contributed by atoms with Crippen LogP contribution in [0.1, 0.15) is 24.6 Å². The fourth-order valence-electron chi connectivity index (χ4n) is 2.42. The first-order chi connectivity index (χ1) is 13.1. The van der Waals surface area contributed by atoms with Gasteiger partial charge in [-0.3, -0.25) is 14.6 Å². The molecule has 0 aliphatic heterocycles. The number of H-pyrrole nitrogens is 1. The number of anilines is 1. The lowest BCUT2D eigenvalue weighted by Gasteiger charge is -2.04. The van der Waals surface area contributed by atoms with Crippen molar-refractivity contribution in [3.8, 4) is 11.4 Å². The number of pyridine rings is 1. The van der Waals surface area contributed by atoms with E-state index in [9.17, 15) is 9.59 Å². The number of rotatable bonds is 8. The van der Waals surface area contributed by atoms with Gasteiger partial charge < -0.3 is 20.6 Å². The highest BCUT2D eigenvalue weighted by molar-refractivity contribution is 5.75.